The Morgan fingerprint density at radius 2 is 1.44 bits per heavy atom. The van der Waals surface area contributed by atoms with Gasteiger partial charge in [-0.3, -0.25) is 0 Å². The largest absolute Gasteiger partial charge is 0.387 e. The van der Waals surface area contributed by atoms with Crippen LogP contribution in [0.25, 0.3) is 0 Å². The average molecular weight is 221 g/mol. The fourth-order valence-corrected chi connectivity index (χ4v) is 2.31. The number of rotatable bonds is 4. The molecule has 2 nitrogen and oxygen atoms in total. The monoisotopic (exact) mass is 221 g/mol. The molecule has 0 fully saturated rings. The van der Waals surface area contributed by atoms with Gasteiger partial charge >= 0.3 is 0 Å². The Morgan fingerprint density at radius 1 is 1.00 bits per heavy atom. The second-order valence-electron chi connectivity index (χ2n) is 5.09. The summed E-state index contributed by atoms with van der Waals surface area (Å²) in [5.41, 5.74) is 6.36. The normalized spacial score (nSPS) is 14.5. The molecule has 0 saturated carbocycles. The van der Waals surface area contributed by atoms with Crippen LogP contribution in [0.4, 0.5) is 0 Å². The van der Waals surface area contributed by atoms with Crippen molar-refractivity contribution in [1.82, 2.24) is 0 Å². The number of aliphatic hydroxyl groups is 1. The fourth-order valence-electron chi connectivity index (χ4n) is 2.31. The van der Waals surface area contributed by atoms with Gasteiger partial charge < -0.3 is 10.8 Å². The first-order chi connectivity index (χ1) is 7.40. The van der Waals surface area contributed by atoms with E-state index in [9.17, 15) is 5.11 Å². The van der Waals surface area contributed by atoms with E-state index in [-0.39, 0.29) is 17.9 Å². The quantitative estimate of drug-likeness (QED) is 0.821. The molecule has 2 heteroatoms. The van der Waals surface area contributed by atoms with Gasteiger partial charge in [0.1, 0.15) is 0 Å². The van der Waals surface area contributed by atoms with Crippen molar-refractivity contribution in [3.8, 4) is 0 Å². The van der Waals surface area contributed by atoms with Crippen molar-refractivity contribution in [2.45, 2.75) is 39.3 Å². The van der Waals surface area contributed by atoms with Crippen molar-refractivity contribution in [2.24, 2.45) is 17.6 Å². The van der Waals surface area contributed by atoms with E-state index >= 15 is 0 Å². The van der Waals surface area contributed by atoms with Gasteiger partial charge in [0.2, 0.25) is 0 Å². The van der Waals surface area contributed by atoms with Crippen molar-refractivity contribution < 1.29 is 5.11 Å². The number of benzene rings is 1. The van der Waals surface area contributed by atoms with Gasteiger partial charge in [-0.2, -0.15) is 0 Å². The summed E-state index contributed by atoms with van der Waals surface area (Å²) in [5, 5.41) is 10.8. The van der Waals surface area contributed by atoms with Crippen LogP contribution in [-0.4, -0.2) is 10.7 Å². The topological polar surface area (TPSA) is 46.2 Å². The van der Waals surface area contributed by atoms with Gasteiger partial charge in [-0.1, -0.05) is 58.0 Å². The third-order valence-electron chi connectivity index (χ3n) is 3.51. The van der Waals surface area contributed by atoms with E-state index in [1.165, 1.54) is 0 Å². The summed E-state index contributed by atoms with van der Waals surface area (Å²) in [6, 6.07) is 9.47. The Morgan fingerprint density at radius 3 is 1.81 bits per heavy atom. The lowest BCUT2D eigenvalue weighted by Crippen LogP contribution is -2.49. The van der Waals surface area contributed by atoms with Crippen LogP contribution >= 0.6 is 0 Å². The first-order valence-corrected chi connectivity index (χ1v) is 5.93. The van der Waals surface area contributed by atoms with E-state index in [4.69, 9.17) is 5.73 Å². The molecule has 1 aromatic rings. The second kappa shape index (κ2) is 4.98. The second-order valence-corrected chi connectivity index (χ2v) is 5.09. The Balaban J connectivity index is 3.06. The van der Waals surface area contributed by atoms with E-state index in [1.54, 1.807) is 0 Å². The average Bonchev–Trinajstić information content (AvgIpc) is 2.27. The zero-order valence-corrected chi connectivity index (χ0v) is 10.6. The van der Waals surface area contributed by atoms with Crippen molar-refractivity contribution in [2.75, 3.05) is 0 Å². The lowest BCUT2D eigenvalue weighted by molar-refractivity contribution is -0.0692. The Bertz CT molecular complexity index is 311. The Hall–Kier alpha value is -0.860. The minimum Gasteiger partial charge on any atom is -0.387 e. The molecule has 3 N–H and O–H groups in total. The SMILES string of the molecule is CC(C)C(O)(C(C)C)C(N)c1ccccc1. The molecule has 0 aliphatic carbocycles. The summed E-state index contributed by atoms with van der Waals surface area (Å²) in [6.07, 6.45) is 0. The van der Waals surface area contributed by atoms with Gasteiger partial charge in [0, 0.05) is 0 Å². The van der Waals surface area contributed by atoms with Gasteiger partial charge in [-0.25, -0.2) is 0 Å². The summed E-state index contributed by atoms with van der Waals surface area (Å²) in [6.45, 7) is 8.07. The van der Waals surface area contributed by atoms with Gasteiger partial charge in [0.05, 0.1) is 11.6 Å². The molecule has 0 amide bonds. The van der Waals surface area contributed by atoms with Crippen LogP contribution in [0.1, 0.15) is 39.3 Å². The first-order valence-electron chi connectivity index (χ1n) is 5.93. The maximum atomic E-state index is 10.8. The summed E-state index contributed by atoms with van der Waals surface area (Å²) in [4.78, 5) is 0. The maximum absolute atomic E-state index is 10.8. The number of hydrogen-bond acceptors (Lipinski definition) is 2. The predicted molar refractivity (Wildman–Crippen MR) is 68.0 cm³/mol. The molecule has 16 heavy (non-hydrogen) atoms. The van der Waals surface area contributed by atoms with Crippen molar-refractivity contribution >= 4 is 0 Å². The van der Waals surface area contributed by atoms with Crippen molar-refractivity contribution in [1.29, 1.82) is 0 Å². The van der Waals surface area contributed by atoms with Crippen LogP contribution in [0.15, 0.2) is 30.3 Å². The molecule has 1 atom stereocenters. The summed E-state index contributed by atoms with van der Waals surface area (Å²) >= 11 is 0. The zero-order chi connectivity index (χ0) is 12.3. The molecule has 0 saturated heterocycles. The van der Waals surface area contributed by atoms with Crippen LogP contribution in [0.3, 0.4) is 0 Å². The first kappa shape index (κ1) is 13.2. The molecular formula is C14H23NO. The Labute approximate surface area is 98.5 Å². The van der Waals surface area contributed by atoms with Crippen LogP contribution in [0, 0.1) is 11.8 Å². The van der Waals surface area contributed by atoms with E-state index in [0.29, 0.717) is 0 Å². The van der Waals surface area contributed by atoms with Gasteiger partial charge in [-0.05, 0) is 17.4 Å². The zero-order valence-electron chi connectivity index (χ0n) is 10.6. The van der Waals surface area contributed by atoms with E-state index in [0.717, 1.165) is 5.56 Å². The number of nitrogens with two attached hydrogens (primary N) is 1. The molecule has 1 aromatic carbocycles. The smallest absolute Gasteiger partial charge is 0.0884 e. The van der Waals surface area contributed by atoms with E-state index in [1.807, 2.05) is 58.0 Å². The molecular weight excluding hydrogens is 198 g/mol. The fraction of sp³-hybridized carbons (Fsp3) is 0.571. The number of hydrogen-bond donors (Lipinski definition) is 2. The Kier molecular flexibility index (Phi) is 4.11. The van der Waals surface area contributed by atoms with Crippen LogP contribution in [0.2, 0.25) is 0 Å². The molecule has 0 bridgehead atoms. The van der Waals surface area contributed by atoms with Crippen LogP contribution in [0.5, 0.6) is 0 Å². The molecule has 0 radical (unpaired) electrons. The highest BCUT2D eigenvalue weighted by atomic mass is 16.3. The van der Waals surface area contributed by atoms with E-state index < -0.39 is 5.60 Å². The minimum absolute atomic E-state index is 0.128. The van der Waals surface area contributed by atoms with Gasteiger partial charge in [-0.15, -0.1) is 0 Å². The molecule has 0 spiro atoms. The molecule has 90 valence electrons. The predicted octanol–water partition coefficient (Wildman–Crippen LogP) is 2.73. The molecule has 1 unspecified atom stereocenters. The molecule has 0 aliphatic rings. The molecule has 0 aliphatic heterocycles. The molecule has 1 rings (SSSR count). The minimum atomic E-state index is -0.860. The summed E-state index contributed by atoms with van der Waals surface area (Å²) in [7, 11) is 0. The lowest BCUT2D eigenvalue weighted by Gasteiger charge is -2.41. The highest BCUT2D eigenvalue weighted by Gasteiger charge is 2.41. The van der Waals surface area contributed by atoms with Gasteiger partial charge in [0.25, 0.3) is 0 Å². The van der Waals surface area contributed by atoms with Crippen molar-refractivity contribution in [3.63, 3.8) is 0 Å². The van der Waals surface area contributed by atoms with Crippen LogP contribution in [-0.2, 0) is 0 Å². The summed E-state index contributed by atoms with van der Waals surface area (Å²) in [5.74, 6) is 0.255. The maximum Gasteiger partial charge on any atom is 0.0884 e. The highest BCUT2D eigenvalue weighted by molar-refractivity contribution is 5.22. The third-order valence-corrected chi connectivity index (χ3v) is 3.51. The van der Waals surface area contributed by atoms with Crippen molar-refractivity contribution in [3.05, 3.63) is 35.9 Å². The lowest BCUT2D eigenvalue weighted by atomic mass is 9.73. The van der Waals surface area contributed by atoms with E-state index in [2.05, 4.69) is 0 Å². The summed E-state index contributed by atoms with van der Waals surface area (Å²) < 4.78 is 0. The molecule has 0 heterocycles. The van der Waals surface area contributed by atoms with Gasteiger partial charge in [0.15, 0.2) is 0 Å². The molecule has 0 aromatic heterocycles. The highest BCUT2D eigenvalue weighted by Crippen LogP contribution is 2.36. The van der Waals surface area contributed by atoms with Crippen LogP contribution < -0.4 is 5.73 Å². The third kappa shape index (κ3) is 2.28. The standard InChI is InChI=1S/C14H23NO/c1-10(2)14(16,11(3)4)13(15)12-8-6-5-7-9-12/h5-11,13,16H,15H2,1-4H3.